The van der Waals surface area contributed by atoms with Crippen LogP contribution in [-0.4, -0.2) is 53.6 Å². The van der Waals surface area contributed by atoms with Gasteiger partial charge >= 0.3 is 12.0 Å². The van der Waals surface area contributed by atoms with Crippen LogP contribution in [0, 0.1) is 5.92 Å². The molecule has 18 heavy (non-hydrogen) atoms. The van der Waals surface area contributed by atoms with Gasteiger partial charge in [0.2, 0.25) is 0 Å². The molecule has 0 aromatic rings. The van der Waals surface area contributed by atoms with Crippen LogP contribution in [0.3, 0.4) is 0 Å². The van der Waals surface area contributed by atoms with Gasteiger partial charge in [0.15, 0.2) is 0 Å². The first-order chi connectivity index (χ1) is 8.56. The molecule has 0 unspecified atom stereocenters. The summed E-state index contributed by atoms with van der Waals surface area (Å²) in [5.41, 5.74) is 0. The number of carboxylic acid groups (broad SMARTS) is 1. The zero-order chi connectivity index (χ0) is 13.5. The van der Waals surface area contributed by atoms with Crippen LogP contribution in [0.2, 0.25) is 0 Å². The van der Waals surface area contributed by atoms with Crippen LogP contribution >= 0.6 is 0 Å². The first-order valence-electron chi connectivity index (χ1n) is 6.79. The molecule has 0 saturated carbocycles. The number of carbonyl (C=O) groups excluding carboxylic acids is 1. The summed E-state index contributed by atoms with van der Waals surface area (Å²) in [5, 5.41) is 9.00. The van der Waals surface area contributed by atoms with E-state index in [4.69, 9.17) is 5.11 Å². The van der Waals surface area contributed by atoms with Gasteiger partial charge < -0.3 is 14.9 Å². The number of urea groups is 1. The molecule has 1 aliphatic heterocycles. The maximum Gasteiger partial charge on any atom is 0.319 e. The van der Waals surface area contributed by atoms with Gasteiger partial charge in [-0.2, -0.15) is 0 Å². The lowest BCUT2D eigenvalue weighted by molar-refractivity contribution is -0.143. The van der Waals surface area contributed by atoms with Crippen LogP contribution in [-0.2, 0) is 4.79 Å². The highest BCUT2D eigenvalue weighted by molar-refractivity contribution is 5.76. The summed E-state index contributed by atoms with van der Waals surface area (Å²) in [5.74, 6) is -1.19. The van der Waals surface area contributed by atoms with Crippen LogP contribution in [0.4, 0.5) is 4.79 Å². The van der Waals surface area contributed by atoms with E-state index in [1.54, 1.807) is 16.8 Å². The summed E-state index contributed by atoms with van der Waals surface area (Å²) in [6.07, 6.45) is 4.72. The van der Waals surface area contributed by atoms with E-state index in [-0.39, 0.29) is 6.03 Å². The number of carbonyl (C=O) groups is 2. The topological polar surface area (TPSA) is 60.9 Å². The Kier molecular flexibility index (Phi) is 5.95. The normalized spacial score (nSPS) is 19.7. The lowest BCUT2D eigenvalue weighted by Gasteiger charge is -2.33. The summed E-state index contributed by atoms with van der Waals surface area (Å²) in [7, 11) is 1.79. The Labute approximate surface area is 109 Å². The fraction of sp³-hybridized carbons (Fsp3) is 0.846. The Morgan fingerprint density at radius 2 is 2.11 bits per heavy atom. The second-order valence-corrected chi connectivity index (χ2v) is 5.03. The van der Waals surface area contributed by atoms with Crippen molar-refractivity contribution < 1.29 is 14.7 Å². The third-order valence-corrected chi connectivity index (χ3v) is 3.46. The Hall–Kier alpha value is -1.26. The second-order valence-electron chi connectivity index (χ2n) is 5.03. The molecular formula is C13H24N2O3. The highest BCUT2D eigenvalue weighted by Gasteiger charge is 2.29. The van der Waals surface area contributed by atoms with Crippen LogP contribution in [0.5, 0.6) is 0 Å². The molecule has 1 heterocycles. The predicted molar refractivity (Wildman–Crippen MR) is 69.5 cm³/mol. The van der Waals surface area contributed by atoms with E-state index in [0.717, 1.165) is 32.2 Å². The molecule has 2 amide bonds. The van der Waals surface area contributed by atoms with E-state index in [1.165, 1.54) is 0 Å². The van der Waals surface area contributed by atoms with Crippen LogP contribution in [0.15, 0.2) is 0 Å². The number of hydrogen-bond donors (Lipinski definition) is 1. The molecule has 104 valence electrons. The monoisotopic (exact) mass is 256 g/mol. The van der Waals surface area contributed by atoms with Crippen molar-refractivity contribution in [2.75, 3.05) is 26.7 Å². The highest BCUT2D eigenvalue weighted by atomic mass is 16.4. The number of piperidine rings is 1. The summed E-state index contributed by atoms with van der Waals surface area (Å²) >= 11 is 0. The molecule has 1 N–H and O–H groups in total. The predicted octanol–water partition coefficient (Wildman–Crippen LogP) is 2.03. The van der Waals surface area contributed by atoms with Crippen molar-refractivity contribution in [3.8, 4) is 0 Å². The molecule has 5 heteroatoms. The minimum absolute atomic E-state index is 0.0305. The number of nitrogens with zero attached hydrogens (tertiary/aromatic N) is 2. The molecule has 0 aromatic heterocycles. The van der Waals surface area contributed by atoms with Gasteiger partial charge in [-0.15, -0.1) is 0 Å². The molecule has 0 aliphatic carbocycles. The third-order valence-electron chi connectivity index (χ3n) is 3.46. The number of hydrogen-bond acceptors (Lipinski definition) is 2. The van der Waals surface area contributed by atoms with Gasteiger partial charge in [-0.05, 0) is 19.3 Å². The Bertz CT molecular complexity index is 294. The zero-order valence-corrected chi connectivity index (χ0v) is 11.4. The summed E-state index contributed by atoms with van der Waals surface area (Å²) in [4.78, 5) is 26.5. The van der Waals surface area contributed by atoms with Gasteiger partial charge in [-0.3, -0.25) is 4.79 Å². The smallest absolute Gasteiger partial charge is 0.319 e. The van der Waals surface area contributed by atoms with E-state index >= 15 is 0 Å². The molecule has 5 nitrogen and oxygen atoms in total. The fourth-order valence-electron chi connectivity index (χ4n) is 2.29. The third kappa shape index (κ3) is 4.20. The van der Waals surface area contributed by atoms with Crippen molar-refractivity contribution in [2.24, 2.45) is 5.92 Å². The number of likely N-dealkylation sites (tertiary alicyclic amines) is 1. The summed E-state index contributed by atoms with van der Waals surface area (Å²) in [6.45, 7) is 3.91. The number of amides is 2. The lowest BCUT2D eigenvalue weighted by atomic mass is 9.99. The Balaban J connectivity index is 2.42. The molecule has 1 rings (SSSR count). The Morgan fingerprint density at radius 3 is 2.72 bits per heavy atom. The average molecular weight is 256 g/mol. The van der Waals surface area contributed by atoms with Crippen molar-refractivity contribution in [1.29, 1.82) is 0 Å². The van der Waals surface area contributed by atoms with Gasteiger partial charge in [0, 0.05) is 26.7 Å². The van der Waals surface area contributed by atoms with E-state index in [9.17, 15) is 9.59 Å². The van der Waals surface area contributed by atoms with E-state index in [1.807, 2.05) is 0 Å². The van der Waals surface area contributed by atoms with Crippen molar-refractivity contribution in [3.05, 3.63) is 0 Å². The summed E-state index contributed by atoms with van der Waals surface area (Å²) < 4.78 is 0. The fourth-order valence-corrected chi connectivity index (χ4v) is 2.29. The molecule has 0 bridgehead atoms. The number of aliphatic carboxylic acids is 1. The minimum atomic E-state index is -0.791. The standard InChI is InChI=1S/C13H24N2O3/c1-3-4-5-8-14(2)13(18)15-9-6-7-11(10-15)12(16)17/h11H,3-10H2,1-2H3,(H,16,17)/t11-/m0/s1. The number of carboxylic acids is 1. The van der Waals surface area contributed by atoms with Crippen LogP contribution in [0.1, 0.15) is 39.0 Å². The van der Waals surface area contributed by atoms with Gasteiger partial charge in [0.1, 0.15) is 0 Å². The SMILES string of the molecule is CCCCCN(C)C(=O)N1CCC[C@H](C(=O)O)C1. The number of rotatable bonds is 5. The summed E-state index contributed by atoms with van der Waals surface area (Å²) in [6, 6.07) is -0.0305. The van der Waals surface area contributed by atoms with Gasteiger partial charge in [-0.25, -0.2) is 4.79 Å². The maximum absolute atomic E-state index is 12.1. The number of unbranched alkanes of at least 4 members (excludes halogenated alkanes) is 2. The molecule has 1 aliphatic rings. The van der Waals surface area contributed by atoms with Crippen LogP contribution in [0.25, 0.3) is 0 Å². The van der Waals surface area contributed by atoms with Crippen molar-refractivity contribution >= 4 is 12.0 Å². The van der Waals surface area contributed by atoms with Crippen molar-refractivity contribution in [1.82, 2.24) is 9.80 Å². The van der Waals surface area contributed by atoms with Gasteiger partial charge in [0.25, 0.3) is 0 Å². The molecule has 1 fully saturated rings. The minimum Gasteiger partial charge on any atom is -0.481 e. The first kappa shape index (κ1) is 14.8. The Morgan fingerprint density at radius 1 is 1.39 bits per heavy atom. The second kappa shape index (κ2) is 7.24. The maximum atomic E-state index is 12.1. The molecule has 1 atom stereocenters. The van der Waals surface area contributed by atoms with Crippen molar-refractivity contribution in [2.45, 2.75) is 39.0 Å². The van der Waals surface area contributed by atoms with E-state index < -0.39 is 11.9 Å². The average Bonchev–Trinajstić information content (AvgIpc) is 2.38. The molecule has 0 aromatic carbocycles. The molecular weight excluding hydrogens is 232 g/mol. The lowest BCUT2D eigenvalue weighted by Crippen LogP contribution is -2.47. The largest absolute Gasteiger partial charge is 0.481 e. The molecule has 1 saturated heterocycles. The van der Waals surface area contributed by atoms with E-state index in [0.29, 0.717) is 19.5 Å². The van der Waals surface area contributed by atoms with Gasteiger partial charge in [-0.1, -0.05) is 19.8 Å². The van der Waals surface area contributed by atoms with Crippen molar-refractivity contribution in [3.63, 3.8) is 0 Å². The molecule has 0 spiro atoms. The zero-order valence-electron chi connectivity index (χ0n) is 11.4. The van der Waals surface area contributed by atoms with E-state index in [2.05, 4.69) is 6.92 Å². The van der Waals surface area contributed by atoms with Crippen LogP contribution < -0.4 is 0 Å². The quantitative estimate of drug-likeness (QED) is 0.766. The molecule has 0 radical (unpaired) electrons. The first-order valence-corrected chi connectivity index (χ1v) is 6.79. The highest BCUT2D eigenvalue weighted by Crippen LogP contribution is 2.17. The van der Waals surface area contributed by atoms with Gasteiger partial charge in [0.05, 0.1) is 5.92 Å².